The van der Waals surface area contributed by atoms with Crippen LogP contribution in [0.2, 0.25) is 0 Å². The maximum atomic E-state index is 17.5. The van der Waals surface area contributed by atoms with Crippen LogP contribution in [0.3, 0.4) is 0 Å². The van der Waals surface area contributed by atoms with Crippen LogP contribution in [0.25, 0.3) is 32.9 Å². The number of rotatable bonds is 8. The largest absolute Gasteiger partial charge is 0.508 e. The van der Waals surface area contributed by atoms with Gasteiger partial charge in [-0.2, -0.15) is 9.97 Å². The van der Waals surface area contributed by atoms with Gasteiger partial charge in [0.1, 0.15) is 40.6 Å². The molecule has 0 radical (unpaired) electrons. The second kappa shape index (κ2) is 11.9. The van der Waals surface area contributed by atoms with Gasteiger partial charge in [-0.1, -0.05) is 36.3 Å². The molecule has 4 aromatic rings. The lowest BCUT2D eigenvalue weighted by atomic mass is 9.92. The SMILES string of the molecule is [2H]C([2H])([2H])OCC12CCC(CN(c3nc(OCC45CC(=C)CN4CC(=C)C5)nc4c(F)c(-c5cc(O)cc6ccc(F)c(C#C)c56)nc(OC([2H])([2H])[2H])c34)C1)N2. The molecule has 0 amide bonds. The van der Waals surface area contributed by atoms with Crippen LogP contribution in [0.15, 0.2) is 48.6 Å². The third-order valence-electron chi connectivity index (χ3n) is 10.5. The number of hydrogen-bond acceptors (Lipinski definition) is 10. The summed E-state index contributed by atoms with van der Waals surface area (Å²) in [6.07, 6.45) is 8.20. The van der Waals surface area contributed by atoms with Crippen LogP contribution in [0.4, 0.5) is 14.6 Å². The Kier molecular flexibility index (Phi) is 6.20. The first-order chi connectivity index (χ1) is 26.3. The van der Waals surface area contributed by atoms with Gasteiger partial charge in [0.2, 0.25) is 5.88 Å². The molecule has 4 aliphatic rings. The Balaban J connectivity index is 1.35. The van der Waals surface area contributed by atoms with Crippen LogP contribution in [0.1, 0.15) is 39.5 Å². The molecule has 2 atom stereocenters. The lowest BCUT2D eigenvalue weighted by Crippen LogP contribution is -2.61. The van der Waals surface area contributed by atoms with Crippen LogP contribution in [0.5, 0.6) is 17.6 Å². The minimum Gasteiger partial charge on any atom is -0.508 e. The summed E-state index contributed by atoms with van der Waals surface area (Å²) in [4.78, 5) is 17.7. The zero-order valence-electron chi connectivity index (χ0n) is 33.1. The lowest BCUT2D eigenvalue weighted by molar-refractivity contribution is 0.107. The fraction of sp³-hybridized carbons (Fsp3) is 0.395. The number of hydrogen-bond donors (Lipinski definition) is 2. The van der Waals surface area contributed by atoms with Crippen molar-refractivity contribution in [1.82, 2.24) is 25.2 Å². The minimum atomic E-state index is -3.10. The highest BCUT2D eigenvalue weighted by Crippen LogP contribution is 2.45. The molecule has 2 bridgehead atoms. The van der Waals surface area contributed by atoms with Crippen molar-refractivity contribution in [1.29, 1.82) is 0 Å². The van der Waals surface area contributed by atoms with E-state index in [2.05, 4.69) is 39.3 Å². The van der Waals surface area contributed by atoms with Gasteiger partial charge in [0, 0.05) is 50.2 Å². The highest BCUT2D eigenvalue weighted by Gasteiger charge is 2.49. The summed E-state index contributed by atoms with van der Waals surface area (Å²) in [5.74, 6) is -0.428. The molecular weight excluding hydrogens is 642 g/mol. The quantitative estimate of drug-likeness (QED) is 0.192. The van der Waals surface area contributed by atoms with Gasteiger partial charge in [-0.3, -0.25) is 4.90 Å². The van der Waals surface area contributed by atoms with Gasteiger partial charge in [0.05, 0.1) is 38.5 Å². The normalized spacial score (nSPS) is 25.1. The van der Waals surface area contributed by atoms with E-state index in [1.54, 1.807) is 4.90 Å². The number of methoxy groups -OCH3 is 2. The van der Waals surface area contributed by atoms with Crippen LogP contribution in [-0.4, -0.2) is 95.5 Å². The van der Waals surface area contributed by atoms with Gasteiger partial charge in [0.25, 0.3) is 0 Å². The van der Waals surface area contributed by atoms with Crippen molar-refractivity contribution in [3.63, 3.8) is 0 Å². The predicted molar refractivity (Wildman–Crippen MR) is 187 cm³/mol. The van der Waals surface area contributed by atoms with Gasteiger partial charge in [-0.05, 0) is 49.3 Å². The number of phenols is 1. The zero-order valence-corrected chi connectivity index (χ0v) is 27.1. The maximum absolute atomic E-state index is 17.5. The van der Waals surface area contributed by atoms with E-state index in [0.717, 1.165) is 23.3 Å². The molecular formula is C38H38F2N6O4. The number of aromatic hydroxyl groups is 1. The summed E-state index contributed by atoms with van der Waals surface area (Å²) in [6.45, 7) is 10.0. The summed E-state index contributed by atoms with van der Waals surface area (Å²) in [6, 6.07) is 4.56. The molecule has 2 unspecified atom stereocenters. The molecule has 4 saturated heterocycles. The molecule has 2 N–H and O–H groups in total. The van der Waals surface area contributed by atoms with E-state index in [9.17, 15) is 5.11 Å². The molecule has 0 saturated carbocycles. The number of nitrogens with zero attached hydrogens (tertiary/aromatic N) is 5. The van der Waals surface area contributed by atoms with E-state index in [-0.39, 0.29) is 70.7 Å². The van der Waals surface area contributed by atoms with E-state index in [1.165, 1.54) is 12.1 Å². The molecule has 4 fully saturated rings. The molecule has 50 heavy (non-hydrogen) atoms. The Bertz CT molecular complexity index is 2350. The molecule has 8 rings (SSSR count). The van der Waals surface area contributed by atoms with Crippen molar-refractivity contribution in [3.05, 3.63) is 65.8 Å². The smallest absolute Gasteiger partial charge is 0.319 e. The average Bonchev–Trinajstić information content (AvgIpc) is 3.70. The number of phenolic OH excluding ortho intramolecular Hbond substituents is 1. The van der Waals surface area contributed by atoms with Crippen molar-refractivity contribution in [2.45, 2.75) is 42.8 Å². The standard InChI is InChI=1S/C38H38F2N6O4/c1-6-26-28(39)8-7-23-11-25(47)12-27(29(23)26)32-31(40)33-30(35(41-32)49-5)34(45-17-24-9-10-37(18-45,44-24)19-48-4)43-36(42-33)50-20-38-13-21(2)15-46(38)16-22(3)14-38/h1,7-8,11-12,24,44,47H,2-3,9-10,13-20H2,4-5H3/i4D3,5D3. The van der Waals surface area contributed by atoms with Crippen LogP contribution < -0.4 is 19.7 Å². The number of terminal acetylenes is 1. The highest BCUT2D eigenvalue weighted by molar-refractivity contribution is 6.04. The molecule has 10 nitrogen and oxygen atoms in total. The predicted octanol–water partition coefficient (Wildman–Crippen LogP) is 5.12. The average molecular weight is 687 g/mol. The first-order valence-electron chi connectivity index (χ1n) is 19.3. The summed E-state index contributed by atoms with van der Waals surface area (Å²) >= 11 is 0. The Morgan fingerprint density at radius 1 is 1.12 bits per heavy atom. The topological polar surface area (TPSA) is 105 Å². The minimum absolute atomic E-state index is 0.0333. The Hall–Kier alpha value is -4.83. The van der Waals surface area contributed by atoms with Crippen molar-refractivity contribution in [2.75, 3.05) is 58.4 Å². The Morgan fingerprint density at radius 2 is 1.94 bits per heavy atom. The zero-order chi connectivity index (χ0) is 39.9. The number of anilines is 1. The highest BCUT2D eigenvalue weighted by atomic mass is 19.1. The molecule has 12 heteroatoms. The molecule has 0 aliphatic carbocycles. The fourth-order valence-electron chi connectivity index (χ4n) is 8.50. The van der Waals surface area contributed by atoms with Crippen LogP contribution >= 0.6 is 0 Å². The van der Waals surface area contributed by atoms with Crippen molar-refractivity contribution in [3.8, 4) is 41.2 Å². The molecule has 6 heterocycles. The lowest BCUT2D eigenvalue weighted by Gasteiger charge is -2.42. The van der Waals surface area contributed by atoms with Gasteiger partial charge in [-0.25, -0.2) is 13.8 Å². The second-order valence-electron chi connectivity index (χ2n) is 13.9. The van der Waals surface area contributed by atoms with E-state index in [4.69, 9.17) is 33.8 Å². The summed E-state index contributed by atoms with van der Waals surface area (Å²) in [5.41, 5.74) is -0.610. The fourth-order valence-corrected chi connectivity index (χ4v) is 8.50. The molecule has 258 valence electrons. The molecule has 0 spiro atoms. The maximum Gasteiger partial charge on any atom is 0.319 e. The Labute approximate surface area is 297 Å². The van der Waals surface area contributed by atoms with E-state index in [1.807, 2.05) is 0 Å². The van der Waals surface area contributed by atoms with Crippen molar-refractivity contribution >= 4 is 27.5 Å². The van der Waals surface area contributed by atoms with E-state index >= 15 is 8.78 Å². The summed E-state index contributed by atoms with van der Waals surface area (Å²) in [5, 5.41) is 14.3. The molecule has 2 aromatic carbocycles. The first-order valence-corrected chi connectivity index (χ1v) is 16.3. The van der Waals surface area contributed by atoms with Crippen molar-refractivity contribution in [2.24, 2.45) is 0 Å². The van der Waals surface area contributed by atoms with Gasteiger partial charge in [-0.15, -0.1) is 6.42 Å². The summed E-state index contributed by atoms with van der Waals surface area (Å²) < 4.78 is 96.8. The van der Waals surface area contributed by atoms with Crippen LogP contribution in [0, 0.1) is 24.0 Å². The van der Waals surface area contributed by atoms with E-state index < -0.39 is 53.9 Å². The number of fused-ring (bicyclic) bond motifs is 5. The molecule has 4 aliphatic heterocycles. The molecule has 2 aromatic heterocycles. The summed E-state index contributed by atoms with van der Waals surface area (Å²) in [7, 11) is -5.76. The number of halogens is 2. The Morgan fingerprint density at radius 3 is 2.70 bits per heavy atom. The third kappa shape index (κ3) is 5.14. The van der Waals surface area contributed by atoms with Crippen LogP contribution in [-0.2, 0) is 4.74 Å². The number of pyridine rings is 1. The van der Waals surface area contributed by atoms with E-state index in [0.29, 0.717) is 45.3 Å². The monoisotopic (exact) mass is 686 g/mol. The number of piperazine rings is 1. The first kappa shape index (κ1) is 26.0. The van der Waals surface area contributed by atoms with Gasteiger partial charge < -0.3 is 29.5 Å². The van der Waals surface area contributed by atoms with Crippen molar-refractivity contribution < 1.29 is 36.3 Å². The van der Waals surface area contributed by atoms with Gasteiger partial charge in [0.15, 0.2) is 5.82 Å². The van der Waals surface area contributed by atoms with Gasteiger partial charge >= 0.3 is 6.01 Å². The number of ether oxygens (including phenoxy) is 3. The number of benzene rings is 2. The second-order valence-corrected chi connectivity index (χ2v) is 13.9. The number of nitrogens with one attached hydrogen (secondary N) is 1. The third-order valence-corrected chi connectivity index (χ3v) is 10.5. The number of aromatic nitrogens is 3.